The van der Waals surface area contributed by atoms with Gasteiger partial charge in [0, 0.05) is 18.5 Å². The SMILES string of the molecule is CC(CS(C)(=O)=O)NC(=O)c1ccnc(Cl)c1[N+](=O)[O-]. The molecule has 1 heterocycles. The summed E-state index contributed by atoms with van der Waals surface area (Å²) in [7, 11) is -3.27. The molecule has 0 aliphatic carbocycles. The molecule has 1 N–H and O–H groups in total. The zero-order chi connectivity index (χ0) is 15.5. The number of carbonyl (C=O) groups is 1. The molecule has 0 spiro atoms. The summed E-state index contributed by atoms with van der Waals surface area (Å²) in [5.41, 5.74) is -0.881. The van der Waals surface area contributed by atoms with Crippen LogP contribution < -0.4 is 5.32 Å². The molecule has 0 radical (unpaired) electrons. The van der Waals surface area contributed by atoms with Crippen LogP contribution in [0.25, 0.3) is 0 Å². The van der Waals surface area contributed by atoms with Crippen LogP contribution in [0.2, 0.25) is 5.15 Å². The van der Waals surface area contributed by atoms with E-state index < -0.39 is 37.6 Å². The van der Waals surface area contributed by atoms with Crippen LogP contribution >= 0.6 is 11.6 Å². The largest absolute Gasteiger partial charge is 0.348 e. The van der Waals surface area contributed by atoms with Crippen molar-refractivity contribution in [3.05, 3.63) is 33.1 Å². The fourth-order valence-electron chi connectivity index (χ4n) is 1.58. The summed E-state index contributed by atoms with van der Waals surface area (Å²) >= 11 is 5.58. The monoisotopic (exact) mass is 321 g/mol. The normalized spacial score (nSPS) is 12.8. The predicted molar refractivity (Wildman–Crippen MR) is 72.5 cm³/mol. The van der Waals surface area contributed by atoms with Crippen LogP contribution in [-0.4, -0.2) is 42.3 Å². The van der Waals surface area contributed by atoms with E-state index in [1.54, 1.807) is 0 Å². The number of carbonyl (C=O) groups excluding carboxylic acids is 1. The van der Waals surface area contributed by atoms with Gasteiger partial charge in [0.05, 0.1) is 10.7 Å². The van der Waals surface area contributed by atoms with E-state index in [0.29, 0.717) is 0 Å². The third kappa shape index (κ3) is 4.42. The standard InChI is InChI=1S/C10H12ClN3O5S/c1-6(5-20(2,18)19)13-10(15)7-3-4-12-9(11)8(7)14(16)17/h3-4,6H,5H2,1-2H3,(H,13,15). The number of rotatable bonds is 5. The number of nitro groups is 1. The van der Waals surface area contributed by atoms with E-state index in [1.165, 1.54) is 6.92 Å². The van der Waals surface area contributed by atoms with Crippen LogP contribution in [0.5, 0.6) is 0 Å². The third-order valence-electron chi connectivity index (χ3n) is 2.24. The van der Waals surface area contributed by atoms with Crippen molar-refractivity contribution in [2.45, 2.75) is 13.0 Å². The first kappa shape index (κ1) is 16.3. The van der Waals surface area contributed by atoms with Crippen molar-refractivity contribution in [1.29, 1.82) is 0 Å². The fourth-order valence-corrected chi connectivity index (χ4v) is 2.80. The maximum absolute atomic E-state index is 11.9. The minimum atomic E-state index is -3.27. The van der Waals surface area contributed by atoms with E-state index in [-0.39, 0.29) is 11.3 Å². The fraction of sp³-hybridized carbons (Fsp3) is 0.400. The summed E-state index contributed by atoms with van der Waals surface area (Å²) in [6.45, 7) is 1.48. The molecule has 1 aromatic heterocycles. The molecule has 1 amide bonds. The maximum atomic E-state index is 11.9. The second kappa shape index (κ2) is 6.14. The Morgan fingerprint density at radius 3 is 2.70 bits per heavy atom. The summed E-state index contributed by atoms with van der Waals surface area (Å²) in [5, 5.41) is 12.8. The van der Waals surface area contributed by atoms with Crippen LogP contribution in [0.3, 0.4) is 0 Å². The molecule has 1 aromatic rings. The van der Waals surface area contributed by atoms with Crippen LogP contribution in [0, 0.1) is 10.1 Å². The van der Waals surface area contributed by atoms with Crippen molar-refractivity contribution in [3.63, 3.8) is 0 Å². The van der Waals surface area contributed by atoms with Gasteiger partial charge in [-0.2, -0.15) is 0 Å². The highest BCUT2D eigenvalue weighted by atomic mass is 35.5. The summed E-state index contributed by atoms with van der Waals surface area (Å²) in [5.74, 6) is -1.05. The number of halogens is 1. The molecule has 0 aromatic carbocycles. The molecule has 0 aliphatic rings. The van der Waals surface area contributed by atoms with Gasteiger partial charge in [-0.05, 0) is 13.0 Å². The van der Waals surface area contributed by atoms with E-state index in [2.05, 4.69) is 10.3 Å². The van der Waals surface area contributed by atoms with Gasteiger partial charge in [0.15, 0.2) is 0 Å². The molecule has 1 unspecified atom stereocenters. The second-order valence-electron chi connectivity index (χ2n) is 4.22. The van der Waals surface area contributed by atoms with Gasteiger partial charge < -0.3 is 5.32 Å². The molecule has 10 heteroatoms. The third-order valence-corrected chi connectivity index (χ3v) is 3.62. The van der Waals surface area contributed by atoms with Gasteiger partial charge in [0.2, 0.25) is 5.15 Å². The first-order chi connectivity index (χ1) is 9.11. The van der Waals surface area contributed by atoms with E-state index >= 15 is 0 Å². The summed E-state index contributed by atoms with van der Waals surface area (Å²) in [4.78, 5) is 25.5. The number of hydrogen-bond donors (Lipinski definition) is 1. The van der Waals surface area contributed by atoms with Gasteiger partial charge in [0.25, 0.3) is 5.91 Å². The quantitative estimate of drug-likeness (QED) is 0.487. The molecule has 0 aliphatic heterocycles. The number of nitrogens with one attached hydrogen (secondary N) is 1. The van der Waals surface area contributed by atoms with Gasteiger partial charge >= 0.3 is 5.69 Å². The van der Waals surface area contributed by atoms with Crippen LogP contribution in [0.1, 0.15) is 17.3 Å². The topological polar surface area (TPSA) is 119 Å². The van der Waals surface area contributed by atoms with Gasteiger partial charge in [-0.15, -0.1) is 0 Å². The molecule has 1 rings (SSSR count). The van der Waals surface area contributed by atoms with Crippen molar-refractivity contribution in [3.8, 4) is 0 Å². The molecule has 0 fully saturated rings. The van der Waals surface area contributed by atoms with Crippen molar-refractivity contribution in [2.75, 3.05) is 12.0 Å². The molecule has 0 saturated carbocycles. The van der Waals surface area contributed by atoms with Gasteiger partial charge in [-0.3, -0.25) is 14.9 Å². The lowest BCUT2D eigenvalue weighted by atomic mass is 10.2. The van der Waals surface area contributed by atoms with Crippen LogP contribution in [-0.2, 0) is 9.84 Å². The summed E-state index contributed by atoms with van der Waals surface area (Å²) in [6.07, 6.45) is 2.19. The Kier molecular flexibility index (Phi) is 5.01. The lowest BCUT2D eigenvalue weighted by molar-refractivity contribution is -0.385. The lowest BCUT2D eigenvalue weighted by Gasteiger charge is -2.12. The van der Waals surface area contributed by atoms with E-state index in [1.807, 2.05) is 0 Å². The molecular weight excluding hydrogens is 310 g/mol. The molecule has 0 saturated heterocycles. The van der Waals surface area contributed by atoms with Crippen molar-refractivity contribution < 1.29 is 18.1 Å². The van der Waals surface area contributed by atoms with Crippen LogP contribution in [0.4, 0.5) is 5.69 Å². The minimum absolute atomic E-state index is 0.268. The Bertz CT molecular complexity index is 646. The summed E-state index contributed by atoms with van der Waals surface area (Å²) < 4.78 is 22.2. The molecule has 110 valence electrons. The molecule has 8 nitrogen and oxygen atoms in total. The first-order valence-corrected chi connectivity index (χ1v) is 7.83. The first-order valence-electron chi connectivity index (χ1n) is 5.39. The Labute approximate surface area is 120 Å². The Hall–Kier alpha value is -1.74. The number of pyridine rings is 1. The second-order valence-corrected chi connectivity index (χ2v) is 6.76. The van der Waals surface area contributed by atoms with Gasteiger partial charge in [-0.25, -0.2) is 13.4 Å². The predicted octanol–water partition coefficient (Wildman–Crippen LogP) is 0.806. The average Bonchev–Trinajstić information content (AvgIpc) is 2.24. The Morgan fingerprint density at radius 1 is 1.60 bits per heavy atom. The number of amides is 1. The van der Waals surface area contributed by atoms with Crippen molar-refractivity contribution in [2.24, 2.45) is 0 Å². The zero-order valence-corrected chi connectivity index (χ0v) is 12.2. The van der Waals surface area contributed by atoms with E-state index in [9.17, 15) is 23.3 Å². The smallest absolute Gasteiger partial charge is 0.319 e. The van der Waals surface area contributed by atoms with E-state index in [4.69, 9.17) is 11.6 Å². The summed E-state index contributed by atoms with van der Waals surface area (Å²) in [6, 6.07) is 0.455. The van der Waals surface area contributed by atoms with Gasteiger partial charge in [0.1, 0.15) is 15.4 Å². The van der Waals surface area contributed by atoms with Crippen molar-refractivity contribution >= 4 is 33.0 Å². The number of nitrogens with zero attached hydrogens (tertiary/aromatic N) is 2. The van der Waals surface area contributed by atoms with Gasteiger partial charge in [-0.1, -0.05) is 11.6 Å². The molecule has 1 atom stereocenters. The molecule has 20 heavy (non-hydrogen) atoms. The number of hydrogen-bond acceptors (Lipinski definition) is 6. The Morgan fingerprint density at radius 2 is 2.20 bits per heavy atom. The molecular formula is C10H12ClN3O5S. The lowest BCUT2D eigenvalue weighted by Crippen LogP contribution is -2.37. The average molecular weight is 322 g/mol. The van der Waals surface area contributed by atoms with Crippen LogP contribution in [0.15, 0.2) is 12.3 Å². The van der Waals surface area contributed by atoms with E-state index in [0.717, 1.165) is 18.5 Å². The highest BCUT2D eigenvalue weighted by molar-refractivity contribution is 7.90. The number of aromatic nitrogens is 1. The maximum Gasteiger partial charge on any atom is 0.319 e. The van der Waals surface area contributed by atoms with Crippen molar-refractivity contribution in [1.82, 2.24) is 10.3 Å². The number of sulfone groups is 1. The Balaban J connectivity index is 2.99. The zero-order valence-electron chi connectivity index (χ0n) is 10.7. The highest BCUT2D eigenvalue weighted by Crippen LogP contribution is 2.25. The highest BCUT2D eigenvalue weighted by Gasteiger charge is 2.26. The molecule has 0 bridgehead atoms. The minimum Gasteiger partial charge on any atom is -0.348 e.